The number of anilines is 1. The van der Waals surface area contributed by atoms with E-state index in [2.05, 4.69) is 10.3 Å². The Hall–Kier alpha value is -1.18. The zero-order valence-corrected chi connectivity index (χ0v) is 14.0. The van der Waals surface area contributed by atoms with Crippen LogP contribution in [0.2, 0.25) is 0 Å². The maximum absolute atomic E-state index is 12.7. The zero-order chi connectivity index (χ0) is 15.9. The van der Waals surface area contributed by atoms with Gasteiger partial charge in [-0.05, 0) is 18.9 Å². The Morgan fingerprint density at radius 1 is 1.43 bits per heavy atom. The topological polar surface area (TPSA) is 71.5 Å². The van der Waals surface area contributed by atoms with Crippen molar-refractivity contribution in [1.82, 2.24) is 9.29 Å². The Kier molecular flexibility index (Phi) is 7.07. The molecule has 1 aromatic rings. The first kappa shape index (κ1) is 17.9. The SMILES string of the molecule is CCNc1cc(S(=O)(=O)N(CCOC)CC(C)C)ccn1. The van der Waals surface area contributed by atoms with Gasteiger partial charge >= 0.3 is 0 Å². The fourth-order valence-electron chi connectivity index (χ4n) is 1.91. The Labute approximate surface area is 127 Å². The van der Waals surface area contributed by atoms with Gasteiger partial charge in [0.25, 0.3) is 0 Å². The number of nitrogens with zero attached hydrogens (tertiary/aromatic N) is 2. The molecule has 1 N–H and O–H groups in total. The van der Waals surface area contributed by atoms with Gasteiger partial charge in [0.2, 0.25) is 10.0 Å². The third-order valence-corrected chi connectivity index (χ3v) is 4.70. The Bertz CT molecular complexity index is 532. The number of pyridine rings is 1. The van der Waals surface area contributed by atoms with Crippen LogP contribution in [0.1, 0.15) is 20.8 Å². The molecule has 7 heteroatoms. The van der Waals surface area contributed by atoms with E-state index in [9.17, 15) is 8.42 Å². The molecule has 120 valence electrons. The van der Waals surface area contributed by atoms with Gasteiger partial charge in [-0.2, -0.15) is 4.31 Å². The number of ether oxygens (including phenoxy) is 1. The first-order valence-corrected chi connectivity index (χ1v) is 8.54. The van der Waals surface area contributed by atoms with Crippen LogP contribution in [0.4, 0.5) is 5.82 Å². The van der Waals surface area contributed by atoms with E-state index < -0.39 is 10.0 Å². The van der Waals surface area contributed by atoms with Crippen molar-refractivity contribution in [2.24, 2.45) is 5.92 Å². The number of hydrogen-bond acceptors (Lipinski definition) is 5. The largest absolute Gasteiger partial charge is 0.383 e. The molecule has 0 bridgehead atoms. The second-order valence-corrected chi connectivity index (χ2v) is 7.09. The standard InChI is InChI=1S/C14H25N3O3S/c1-5-15-14-10-13(6-7-16-14)21(18,19)17(8-9-20-4)11-12(2)3/h6-7,10,12H,5,8-9,11H2,1-4H3,(H,15,16). The van der Waals surface area contributed by atoms with Gasteiger partial charge in [-0.15, -0.1) is 0 Å². The van der Waals surface area contributed by atoms with Crippen molar-refractivity contribution in [2.75, 3.05) is 38.7 Å². The van der Waals surface area contributed by atoms with Crippen LogP contribution >= 0.6 is 0 Å². The molecule has 0 aromatic carbocycles. The summed E-state index contributed by atoms with van der Waals surface area (Å²) in [4.78, 5) is 4.36. The molecular formula is C14H25N3O3S. The lowest BCUT2D eigenvalue weighted by atomic mass is 10.2. The number of rotatable bonds is 9. The highest BCUT2D eigenvalue weighted by molar-refractivity contribution is 7.89. The van der Waals surface area contributed by atoms with Gasteiger partial charge in [0.05, 0.1) is 11.5 Å². The fraction of sp³-hybridized carbons (Fsp3) is 0.643. The quantitative estimate of drug-likeness (QED) is 0.752. The van der Waals surface area contributed by atoms with E-state index in [1.165, 1.54) is 16.6 Å². The molecule has 0 radical (unpaired) electrons. The maximum Gasteiger partial charge on any atom is 0.243 e. The van der Waals surface area contributed by atoms with Gasteiger partial charge in [-0.1, -0.05) is 13.8 Å². The van der Waals surface area contributed by atoms with Crippen molar-refractivity contribution in [1.29, 1.82) is 0 Å². The Morgan fingerprint density at radius 3 is 2.71 bits per heavy atom. The minimum atomic E-state index is -3.54. The number of hydrogen-bond donors (Lipinski definition) is 1. The number of nitrogens with one attached hydrogen (secondary N) is 1. The van der Waals surface area contributed by atoms with E-state index in [-0.39, 0.29) is 10.8 Å². The molecule has 0 fully saturated rings. The molecule has 0 spiro atoms. The van der Waals surface area contributed by atoms with Crippen LogP contribution in [0, 0.1) is 5.92 Å². The van der Waals surface area contributed by atoms with E-state index in [1.807, 2.05) is 20.8 Å². The van der Waals surface area contributed by atoms with E-state index >= 15 is 0 Å². The third-order valence-electron chi connectivity index (χ3n) is 2.84. The summed E-state index contributed by atoms with van der Waals surface area (Å²) in [6.45, 7) is 7.79. The predicted molar refractivity (Wildman–Crippen MR) is 83.9 cm³/mol. The summed E-state index contributed by atoms with van der Waals surface area (Å²) in [6.07, 6.45) is 1.51. The Balaban J connectivity index is 3.05. The highest BCUT2D eigenvalue weighted by Crippen LogP contribution is 2.19. The summed E-state index contributed by atoms with van der Waals surface area (Å²) in [7, 11) is -1.97. The van der Waals surface area contributed by atoms with Gasteiger partial charge in [-0.25, -0.2) is 13.4 Å². The average Bonchev–Trinajstić information content (AvgIpc) is 2.43. The molecule has 0 unspecified atom stereocenters. The van der Waals surface area contributed by atoms with Crippen molar-refractivity contribution in [3.63, 3.8) is 0 Å². The highest BCUT2D eigenvalue weighted by atomic mass is 32.2. The summed E-state index contributed by atoms with van der Waals surface area (Å²) < 4.78 is 32.0. The normalized spacial score (nSPS) is 12.1. The van der Waals surface area contributed by atoms with Gasteiger partial charge < -0.3 is 10.1 Å². The fourth-order valence-corrected chi connectivity index (χ4v) is 3.51. The van der Waals surface area contributed by atoms with Crippen LogP contribution in [0.3, 0.4) is 0 Å². The van der Waals surface area contributed by atoms with E-state index in [1.54, 1.807) is 13.2 Å². The van der Waals surface area contributed by atoms with Gasteiger partial charge in [0.1, 0.15) is 5.82 Å². The summed E-state index contributed by atoms with van der Waals surface area (Å²) in [6, 6.07) is 3.09. The van der Waals surface area contributed by atoms with E-state index in [0.29, 0.717) is 32.1 Å². The molecule has 1 heterocycles. The van der Waals surface area contributed by atoms with Crippen LogP contribution in [0.25, 0.3) is 0 Å². The van der Waals surface area contributed by atoms with Crippen molar-refractivity contribution in [2.45, 2.75) is 25.7 Å². The van der Waals surface area contributed by atoms with Gasteiger partial charge in [-0.3, -0.25) is 0 Å². The van der Waals surface area contributed by atoms with Crippen LogP contribution in [-0.2, 0) is 14.8 Å². The molecule has 0 aliphatic rings. The maximum atomic E-state index is 12.7. The van der Waals surface area contributed by atoms with Crippen molar-refractivity contribution in [3.05, 3.63) is 18.3 Å². The molecule has 0 amide bonds. The van der Waals surface area contributed by atoms with E-state index in [0.717, 1.165) is 0 Å². The molecule has 1 rings (SSSR count). The monoisotopic (exact) mass is 315 g/mol. The van der Waals surface area contributed by atoms with Crippen LogP contribution in [0.15, 0.2) is 23.2 Å². The highest BCUT2D eigenvalue weighted by Gasteiger charge is 2.25. The van der Waals surface area contributed by atoms with Crippen molar-refractivity contribution in [3.8, 4) is 0 Å². The van der Waals surface area contributed by atoms with Gasteiger partial charge in [0, 0.05) is 39.0 Å². The first-order chi connectivity index (χ1) is 9.91. The number of methoxy groups -OCH3 is 1. The molecular weight excluding hydrogens is 290 g/mol. The Morgan fingerprint density at radius 2 is 2.14 bits per heavy atom. The van der Waals surface area contributed by atoms with E-state index in [4.69, 9.17) is 4.74 Å². The van der Waals surface area contributed by atoms with Crippen molar-refractivity contribution < 1.29 is 13.2 Å². The van der Waals surface area contributed by atoms with Crippen LogP contribution in [-0.4, -0.2) is 51.1 Å². The molecule has 0 saturated heterocycles. The number of sulfonamides is 1. The molecule has 0 atom stereocenters. The molecule has 0 aliphatic heterocycles. The molecule has 6 nitrogen and oxygen atoms in total. The zero-order valence-electron chi connectivity index (χ0n) is 13.2. The summed E-state index contributed by atoms with van der Waals surface area (Å²) in [5.74, 6) is 0.807. The summed E-state index contributed by atoms with van der Waals surface area (Å²) in [5.41, 5.74) is 0. The minimum Gasteiger partial charge on any atom is -0.383 e. The van der Waals surface area contributed by atoms with Gasteiger partial charge in [0.15, 0.2) is 0 Å². The molecule has 1 aromatic heterocycles. The minimum absolute atomic E-state index is 0.242. The molecule has 21 heavy (non-hydrogen) atoms. The second-order valence-electron chi connectivity index (χ2n) is 5.16. The lowest BCUT2D eigenvalue weighted by Gasteiger charge is -2.23. The smallest absolute Gasteiger partial charge is 0.243 e. The first-order valence-electron chi connectivity index (χ1n) is 7.10. The molecule has 0 saturated carbocycles. The lowest BCUT2D eigenvalue weighted by Crippen LogP contribution is -2.36. The predicted octanol–water partition coefficient (Wildman–Crippen LogP) is 1.81. The van der Waals surface area contributed by atoms with Crippen LogP contribution < -0.4 is 5.32 Å². The second kappa shape index (κ2) is 8.31. The molecule has 0 aliphatic carbocycles. The lowest BCUT2D eigenvalue weighted by molar-refractivity contribution is 0.175. The average molecular weight is 315 g/mol. The van der Waals surface area contributed by atoms with Crippen molar-refractivity contribution >= 4 is 15.8 Å². The summed E-state index contributed by atoms with van der Waals surface area (Å²) >= 11 is 0. The number of aromatic nitrogens is 1. The third kappa shape index (κ3) is 5.26. The van der Waals surface area contributed by atoms with Crippen LogP contribution in [0.5, 0.6) is 0 Å². The summed E-state index contributed by atoms with van der Waals surface area (Å²) in [5, 5.41) is 3.02.